The van der Waals surface area contributed by atoms with Gasteiger partial charge in [0, 0.05) is 13.1 Å². The van der Waals surface area contributed by atoms with Crippen molar-refractivity contribution in [3.05, 3.63) is 17.0 Å². The summed E-state index contributed by atoms with van der Waals surface area (Å²) in [6.07, 6.45) is -0.643. The molecule has 0 aliphatic rings. The number of hydrogen-bond donors (Lipinski definition) is 3. The van der Waals surface area contributed by atoms with Gasteiger partial charge in [-0.15, -0.1) is 11.3 Å². The van der Waals surface area contributed by atoms with Gasteiger partial charge in [-0.05, 0) is 32.9 Å². The maximum atomic E-state index is 11.9. The summed E-state index contributed by atoms with van der Waals surface area (Å²) in [4.78, 5) is 22.0. The lowest BCUT2D eigenvalue weighted by Gasteiger charge is -2.19. The van der Waals surface area contributed by atoms with E-state index in [4.69, 9.17) is 9.84 Å². The van der Waals surface area contributed by atoms with Crippen LogP contribution in [-0.4, -0.2) is 44.3 Å². The zero-order valence-electron chi connectivity index (χ0n) is 12.4. The fourth-order valence-corrected chi connectivity index (χ4v) is 3.54. The van der Waals surface area contributed by atoms with Crippen LogP contribution in [0.3, 0.4) is 0 Å². The summed E-state index contributed by atoms with van der Waals surface area (Å²) in [5.74, 6) is -1.18. The molecule has 10 heteroatoms. The molecule has 0 saturated heterocycles. The van der Waals surface area contributed by atoms with Gasteiger partial charge in [-0.25, -0.2) is 22.7 Å². The summed E-state index contributed by atoms with van der Waals surface area (Å²) in [6.45, 7) is 5.15. The summed E-state index contributed by atoms with van der Waals surface area (Å²) in [5, 5.41) is 11.2. The smallest absolute Gasteiger partial charge is 0.407 e. The summed E-state index contributed by atoms with van der Waals surface area (Å²) < 4.78 is 31.0. The van der Waals surface area contributed by atoms with Crippen molar-refractivity contribution in [1.29, 1.82) is 0 Å². The number of nitrogens with one attached hydrogen (secondary N) is 2. The van der Waals surface area contributed by atoms with Crippen molar-refractivity contribution in [3.63, 3.8) is 0 Å². The molecule has 0 aromatic carbocycles. The molecule has 0 fully saturated rings. The lowest BCUT2D eigenvalue weighted by molar-refractivity contribution is 0.0528. The fraction of sp³-hybridized carbons (Fsp3) is 0.500. The first kappa shape index (κ1) is 18.4. The monoisotopic (exact) mass is 350 g/mol. The van der Waals surface area contributed by atoms with Crippen molar-refractivity contribution in [3.8, 4) is 0 Å². The van der Waals surface area contributed by atoms with Crippen LogP contribution in [0.2, 0.25) is 0 Å². The summed E-state index contributed by atoms with van der Waals surface area (Å²) in [6, 6.07) is 2.44. The van der Waals surface area contributed by atoms with Gasteiger partial charge >= 0.3 is 12.1 Å². The van der Waals surface area contributed by atoms with Crippen molar-refractivity contribution < 1.29 is 27.9 Å². The van der Waals surface area contributed by atoms with E-state index in [0.717, 1.165) is 0 Å². The normalized spacial score (nSPS) is 12.0. The third-order valence-electron chi connectivity index (χ3n) is 2.14. The maximum absolute atomic E-state index is 11.9. The largest absolute Gasteiger partial charge is 0.477 e. The number of alkyl carbamates (subject to hydrolysis) is 1. The third-order valence-corrected chi connectivity index (χ3v) is 5.17. The van der Waals surface area contributed by atoms with Gasteiger partial charge in [0.25, 0.3) is 0 Å². The van der Waals surface area contributed by atoms with E-state index >= 15 is 0 Å². The number of thiophene rings is 1. The minimum Gasteiger partial charge on any atom is -0.477 e. The van der Waals surface area contributed by atoms with Gasteiger partial charge in [0.05, 0.1) is 0 Å². The molecule has 0 aliphatic carbocycles. The van der Waals surface area contributed by atoms with Gasteiger partial charge < -0.3 is 15.2 Å². The number of rotatable bonds is 6. The van der Waals surface area contributed by atoms with Crippen LogP contribution >= 0.6 is 11.3 Å². The van der Waals surface area contributed by atoms with Crippen molar-refractivity contribution in [1.82, 2.24) is 10.0 Å². The Morgan fingerprint density at radius 1 is 1.27 bits per heavy atom. The van der Waals surface area contributed by atoms with Crippen LogP contribution < -0.4 is 10.0 Å². The molecule has 1 rings (SSSR count). The van der Waals surface area contributed by atoms with E-state index in [1.165, 1.54) is 12.1 Å². The zero-order valence-corrected chi connectivity index (χ0v) is 14.0. The van der Waals surface area contributed by atoms with Crippen LogP contribution in [0.15, 0.2) is 16.3 Å². The van der Waals surface area contributed by atoms with Crippen molar-refractivity contribution in [2.45, 2.75) is 30.6 Å². The molecule has 0 radical (unpaired) electrons. The topological polar surface area (TPSA) is 122 Å². The molecule has 0 bridgehead atoms. The van der Waals surface area contributed by atoms with Gasteiger partial charge in [0.1, 0.15) is 14.7 Å². The number of ether oxygens (including phenoxy) is 1. The van der Waals surface area contributed by atoms with Gasteiger partial charge in [0.2, 0.25) is 10.0 Å². The highest BCUT2D eigenvalue weighted by atomic mass is 32.2. The lowest BCUT2D eigenvalue weighted by Crippen LogP contribution is -2.37. The van der Waals surface area contributed by atoms with Crippen LogP contribution in [0, 0.1) is 0 Å². The van der Waals surface area contributed by atoms with Crippen LogP contribution in [0.5, 0.6) is 0 Å². The molecule has 1 amide bonds. The first-order valence-electron chi connectivity index (χ1n) is 6.31. The third kappa shape index (κ3) is 6.00. The van der Waals surface area contributed by atoms with E-state index in [0.29, 0.717) is 11.3 Å². The maximum Gasteiger partial charge on any atom is 0.407 e. The number of sulfonamides is 1. The molecular weight excluding hydrogens is 332 g/mol. The molecule has 1 aromatic rings. The number of carbonyl (C=O) groups is 2. The molecule has 3 N–H and O–H groups in total. The Balaban J connectivity index is 2.46. The zero-order chi connectivity index (χ0) is 17.0. The standard InChI is InChI=1S/C12H18N2O6S2/c1-12(2,3)20-11(17)13-6-7-14-22(18,19)9-5-4-8(21-9)10(15)16/h4-5,14H,6-7H2,1-3H3,(H,13,17)(H,15,16). The van der Waals surface area contributed by atoms with Crippen molar-refractivity contribution in [2.75, 3.05) is 13.1 Å². The number of hydrogen-bond acceptors (Lipinski definition) is 6. The quantitative estimate of drug-likeness (QED) is 0.664. The molecular formula is C12H18N2O6S2. The van der Waals surface area contributed by atoms with Crippen molar-refractivity contribution >= 4 is 33.4 Å². The van der Waals surface area contributed by atoms with Crippen molar-refractivity contribution in [2.24, 2.45) is 0 Å². The summed E-state index contributed by atoms with van der Waals surface area (Å²) >= 11 is 0.658. The van der Waals surface area contributed by atoms with Crippen LogP contribution in [-0.2, 0) is 14.8 Å². The highest BCUT2D eigenvalue weighted by Gasteiger charge is 2.19. The minimum absolute atomic E-state index is 0.0398. The number of carboxylic acid groups (broad SMARTS) is 1. The highest BCUT2D eigenvalue weighted by molar-refractivity contribution is 7.91. The predicted molar refractivity (Wildman–Crippen MR) is 80.7 cm³/mol. The second kappa shape index (κ2) is 7.07. The average molecular weight is 350 g/mol. The second-order valence-corrected chi connectivity index (χ2v) is 8.33. The Labute approximate surface area is 132 Å². The van der Waals surface area contributed by atoms with Crippen LogP contribution in [0.25, 0.3) is 0 Å². The van der Waals surface area contributed by atoms with Gasteiger partial charge in [-0.3, -0.25) is 0 Å². The highest BCUT2D eigenvalue weighted by Crippen LogP contribution is 2.21. The molecule has 0 aliphatic heterocycles. The van der Waals surface area contributed by atoms with Gasteiger partial charge in [-0.2, -0.15) is 0 Å². The first-order valence-corrected chi connectivity index (χ1v) is 8.61. The first-order chi connectivity index (χ1) is 10.0. The number of amides is 1. The van der Waals surface area contributed by atoms with E-state index in [1.54, 1.807) is 20.8 Å². The molecule has 1 heterocycles. The summed E-state index contributed by atoms with van der Waals surface area (Å²) in [7, 11) is -3.79. The minimum atomic E-state index is -3.79. The predicted octanol–water partition coefficient (Wildman–Crippen LogP) is 1.25. The van der Waals surface area contributed by atoms with Crippen LogP contribution in [0.4, 0.5) is 4.79 Å². The van der Waals surface area contributed by atoms with E-state index < -0.39 is 27.7 Å². The number of carboxylic acids is 1. The Bertz CT molecular complexity index is 645. The second-order valence-electron chi connectivity index (χ2n) is 5.25. The Morgan fingerprint density at radius 2 is 1.91 bits per heavy atom. The number of carbonyl (C=O) groups excluding carboxylic acids is 1. The molecule has 0 atom stereocenters. The Kier molecular flexibility index (Phi) is 5.92. The van der Waals surface area contributed by atoms with Gasteiger partial charge in [-0.1, -0.05) is 0 Å². The SMILES string of the molecule is CC(C)(C)OC(=O)NCCNS(=O)(=O)c1ccc(C(=O)O)s1. The van der Waals surface area contributed by atoms with Crippen LogP contribution in [0.1, 0.15) is 30.4 Å². The molecule has 124 valence electrons. The molecule has 0 saturated carbocycles. The molecule has 22 heavy (non-hydrogen) atoms. The van der Waals surface area contributed by atoms with Gasteiger partial charge in [0.15, 0.2) is 0 Å². The average Bonchev–Trinajstić information content (AvgIpc) is 2.83. The number of aromatic carboxylic acids is 1. The Hall–Kier alpha value is -1.65. The molecule has 8 nitrogen and oxygen atoms in total. The molecule has 0 unspecified atom stereocenters. The Morgan fingerprint density at radius 3 is 2.41 bits per heavy atom. The fourth-order valence-electron chi connectivity index (χ4n) is 1.31. The van der Waals surface area contributed by atoms with E-state index in [-0.39, 0.29) is 22.2 Å². The van der Waals surface area contributed by atoms with E-state index in [1.807, 2.05) is 0 Å². The molecule has 1 aromatic heterocycles. The molecule has 0 spiro atoms. The summed E-state index contributed by atoms with van der Waals surface area (Å²) in [5.41, 5.74) is -0.631. The van der Waals surface area contributed by atoms with E-state index in [9.17, 15) is 18.0 Å². The lowest BCUT2D eigenvalue weighted by atomic mass is 10.2. The van der Waals surface area contributed by atoms with E-state index in [2.05, 4.69) is 10.0 Å².